The first-order valence-electron chi connectivity index (χ1n) is 27.7. The molecule has 5 fully saturated rings. The Morgan fingerprint density at radius 1 is 0.481 bits per heavy atom. The summed E-state index contributed by atoms with van der Waals surface area (Å²) in [4.78, 5) is -0.0939. The van der Waals surface area contributed by atoms with Gasteiger partial charge in [0, 0.05) is 30.3 Å². The molecule has 0 bridgehead atoms. The molecule has 25 nitrogen and oxygen atoms in total. The van der Waals surface area contributed by atoms with Crippen LogP contribution in [0.4, 0.5) is 0 Å². The Bertz CT molecular complexity index is 2040. The quantitative estimate of drug-likeness (QED) is 0.0302. The zero-order valence-electron chi connectivity index (χ0n) is 45.7. The van der Waals surface area contributed by atoms with Gasteiger partial charge in [0.05, 0.1) is 113 Å². The Morgan fingerprint density at radius 3 is 1.58 bits per heavy atom. The summed E-state index contributed by atoms with van der Waals surface area (Å²) in [5.41, 5.74) is 0.833. The predicted molar refractivity (Wildman–Crippen MR) is 274 cm³/mol. The number of ether oxygens (including phenoxy) is 8. The van der Waals surface area contributed by atoms with Crippen LogP contribution < -0.4 is 0 Å². The highest BCUT2D eigenvalue weighted by atomic mass is 32.2. The third-order valence-electron chi connectivity index (χ3n) is 16.2. The topological polar surface area (TPSA) is 400 Å². The van der Waals surface area contributed by atoms with Crippen LogP contribution in [0.25, 0.3) is 0 Å². The zero-order valence-corrected chi connectivity index (χ0v) is 46.5. The lowest BCUT2D eigenvalue weighted by Gasteiger charge is -2.45. The van der Waals surface area contributed by atoms with E-state index in [9.17, 15) is 79.9 Å². The Labute approximate surface area is 462 Å². The van der Waals surface area contributed by atoms with Gasteiger partial charge in [0.2, 0.25) is 0 Å². The number of aliphatic hydroxyl groups is 14. The van der Waals surface area contributed by atoms with Gasteiger partial charge < -0.3 is 109 Å². The first-order valence-corrected chi connectivity index (χ1v) is 29.1. The number of aliphatic hydroxyl groups excluding tert-OH is 14. The summed E-state index contributed by atoms with van der Waals surface area (Å²) in [7, 11) is -4.22. The van der Waals surface area contributed by atoms with Crippen molar-refractivity contribution in [3.63, 3.8) is 0 Å². The van der Waals surface area contributed by atoms with Crippen LogP contribution in [-0.2, 0) is 52.2 Å². The Hall–Kier alpha value is -1.75. The Morgan fingerprint density at radius 2 is 0.962 bits per heavy atom. The fourth-order valence-electron chi connectivity index (χ4n) is 11.1. The number of rotatable bonds is 27. The van der Waals surface area contributed by atoms with E-state index in [2.05, 4.69) is 0 Å². The van der Waals surface area contributed by atoms with E-state index < -0.39 is 175 Å². The van der Waals surface area contributed by atoms with Crippen LogP contribution in [0, 0.1) is 42.4 Å². The van der Waals surface area contributed by atoms with Crippen molar-refractivity contribution in [3.05, 3.63) is 29.8 Å². The van der Waals surface area contributed by atoms with Crippen molar-refractivity contribution in [3.8, 4) is 0 Å². The molecule has 1 aromatic rings. The summed E-state index contributed by atoms with van der Waals surface area (Å²) < 4.78 is 78.7. The van der Waals surface area contributed by atoms with E-state index >= 15 is 0 Å². The minimum Gasteiger partial charge on any atom is -0.394 e. The third kappa shape index (κ3) is 17.2. The van der Waals surface area contributed by atoms with Gasteiger partial charge in [-0.3, -0.25) is 4.18 Å². The van der Waals surface area contributed by atoms with E-state index in [0.29, 0.717) is 18.8 Å². The lowest BCUT2D eigenvalue weighted by Crippen LogP contribution is -2.59. The molecule has 25 unspecified atom stereocenters. The maximum absolute atomic E-state index is 12.9. The van der Waals surface area contributed by atoms with Gasteiger partial charge in [-0.25, -0.2) is 0 Å². The molecule has 5 aliphatic rings. The van der Waals surface area contributed by atoms with Gasteiger partial charge in [0.25, 0.3) is 10.1 Å². The lowest BCUT2D eigenvalue weighted by atomic mass is 9.76. The highest BCUT2D eigenvalue weighted by Crippen LogP contribution is 2.36. The molecule has 0 aromatic heterocycles. The van der Waals surface area contributed by atoms with Gasteiger partial charge in [0.15, 0.2) is 6.29 Å². The van der Waals surface area contributed by atoms with Crippen molar-refractivity contribution in [2.75, 3.05) is 59.5 Å². The van der Waals surface area contributed by atoms with E-state index in [1.807, 2.05) is 27.7 Å². The SMILES string of the molecule is Cc1ccc(S(=O)(=O)OCC2CC(COCC3C(COCC4C(CC(C)C)OC(CCOC5OC(CCOCC6OC(CCC(C)C)C(O)C(O)C6O)C(O)C(O)C5O)C(O)C4O)OC(CO)C(O)C3O)C(O)C(O)C2O)cc1. The minimum absolute atomic E-state index is 0.00771. The van der Waals surface area contributed by atoms with E-state index in [4.69, 9.17) is 42.1 Å². The lowest BCUT2D eigenvalue weighted by molar-refractivity contribution is -0.301. The van der Waals surface area contributed by atoms with E-state index in [0.717, 1.165) is 12.0 Å². The Kier molecular flexibility index (Phi) is 25.5. The van der Waals surface area contributed by atoms with Crippen molar-refractivity contribution < 1.29 is 122 Å². The van der Waals surface area contributed by atoms with Crippen molar-refractivity contribution in [2.24, 2.45) is 35.5 Å². The van der Waals surface area contributed by atoms with Crippen LogP contribution >= 0.6 is 0 Å². The summed E-state index contributed by atoms with van der Waals surface area (Å²) in [6.45, 7) is 7.16. The summed E-state index contributed by atoms with van der Waals surface area (Å²) in [6, 6.07) is 5.97. The maximum atomic E-state index is 12.9. The van der Waals surface area contributed by atoms with Gasteiger partial charge >= 0.3 is 0 Å². The second-order valence-corrected chi connectivity index (χ2v) is 24.7. The molecule has 0 amide bonds. The van der Waals surface area contributed by atoms with Crippen LogP contribution in [0.2, 0.25) is 0 Å². The van der Waals surface area contributed by atoms with Crippen LogP contribution in [0.3, 0.4) is 0 Å². The summed E-state index contributed by atoms with van der Waals surface area (Å²) >= 11 is 0. The second-order valence-electron chi connectivity index (χ2n) is 23.1. The molecule has 25 atom stereocenters. The molecule has 26 heteroatoms. The van der Waals surface area contributed by atoms with Crippen molar-refractivity contribution in [1.29, 1.82) is 0 Å². The average Bonchev–Trinajstić information content (AvgIpc) is 3.42. The molecule has 4 aliphatic heterocycles. The molecule has 14 N–H and O–H groups in total. The highest BCUT2D eigenvalue weighted by molar-refractivity contribution is 7.86. The fourth-order valence-corrected chi connectivity index (χ4v) is 12.1. The van der Waals surface area contributed by atoms with Crippen molar-refractivity contribution >= 4 is 10.1 Å². The number of hydrogen-bond donors (Lipinski definition) is 14. The van der Waals surface area contributed by atoms with Crippen molar-refractivity contribution in [1.82, 2.24) is 0 Å². The van der Waals surface area contributed by atoms with E-state index in [-0.39, 0.29) is 76.3 Å². The highest BCUT2D eigenvalue weighted by Gasteiger charge is 2.50. The monoisotopic (exact) mass is 1160 g/mol. The smallest absolute Gasteiger partial charge is 0.296 e. The fraction of sp³-hybridized carbons (Fsp3) is 0.887. The molecule has 458 valence electrons. The normalized spacial score (nSPS) is 41.5. The molecule has 0 spiro atoms. The molecule has 0 radical (unpaired) electrons. The third-order valence-corrected chi connectivity index (χ3v) is 17.4. The van der Waals surface area contributed by atoms with Crippen molar-refractivity contribution in [2.45, 2.75) is 206 Å². The summed E-state index contributed by atoms with van der Waals surface area (Å²) in [5, 5.41) is 151. The molecule has 6 rings (SSSR count). The van der Waals surface area contributed by atoms with E-state index in [1.54, 1.807) is 19.1 Å². The first kappa shape index (κ1) is 66.4. The van der Waals surface area contributed by atoms with Gasteiger partial charge in [-0.1, -0.05) is 45.4 Å². The number of hydrogen-bond acceptors (Lipinski definition) is 25. The van der Waals surface area contributed by atoms with Crippen LogP contribution in [-0.4, -0.2) is 268 Å². The maximum Gasteiger partial charge on any atom is 0.296 e. The predicted octanol–water partition coefficient (Wildman–Crippen LogP) is -3.39. The molecule has 1 saturated carbocycles. The van der Waals surface area contributed by atoms with Gasteiger partial charge in [-0.05, 0) is 69.4 Å². The van der Waals surface area contributed by atoms with Gasteiger partial charge in [-0.15, -0.1) is 0 Å². The zero-order chi connectivity index (χ0) is 58.0. The summed E-state index contributed by atoms with van der Waals surface area (Å²) in [6.07, 6.45) is -26.0. The van der Waals surface area contributed by atoms with Gasteiger partial charge in [-0.2, -0.15) is 8.42 Å². The molecule has 79 heavy (non-hydrogen) atoms. The van der Waals surface area contributed by atoms with Crippen LogP contribution in [0.5, 0.6) is 0 Å². The van der Waals surface area contributed by atoms with Gasteiger partial charge in [0.1, 0.15) is 67.1 Å². The minimum atomic E-state index is -4.22. The molecular formula is C53H90O25S. The largest absolute Gasteiger partial charge is 0.394 e. The average molecular weight is 1160 g/mol. The number of aryl methyl sites for hydroxylation is 1. The van der Waals surface area contributed by atoms with Crippen LogP contribution in [0.1, 0.15) is 71.8 Å². The summed E-state index contributed by atoms with van der Waals surface area (Å²) in [5.74, 6) is -3.18. The molecule has 1 aromatic carbocycles. The number of benzene rings is 1. The second kappa shape index (κ2) is 30.4. The molecule has 4 heterocycles. The molecular weight excluding hydrogens is 1070 g/mol. The first-order chi connectivity index (χ1) is 37.3. The Balaban J connectivity index is 0.986. The van der Waals surface area contributed by atoms with E-state index in [1.165, 1.54) is 12.1 Å². The molecule has 4 saturated heterocycles. The van der Waals surface area contributed by atoms with Crippen LogP contribution in [0.15, 0.2) is 29.2 Å². The standard InChI is InChI=1S/C53H90O25S/c1-25(2)6-11-33-45(60)50(65)48(63)39(76-33)24-70-14-12-35-46(61)51(66)52(67)53(78-35)73-15-13-34-44(59)42(57)31(36(75-34)16-26(3)4)21-72-23-38-32(43(58)47(62)37(18-54)77-38)22-71-19-28-17-29(41(56)49(64)40(28)55)20-74-79(68,69)30-9-7-27(5)8-10-30/h7-10,25-26,28-29,31-67H,6,11-24H2,1-5H3. The molecule has 1 aliphatic carbocycles.